The molecule has 29 heavy (non-hydrogen) atoms. The number of hydrogen-bond acceptors (Lipinski definition) is 7. The number of amides is 1. The quantitative estimate of drug-likeness (QED) is 0.738. The van der Waals surface area contributed by atoms with E-state index in [9.17, 15) is 4.79 Å². The molecule has 0 radical (unpaired) electrons. The Morgan fingerprint density at radius 3 is 2.48 bits per heavy atom. The minimum Gasteiger partial charge on any atom is -0.454 e. The molecule has 2 aliphatic heterocycles. The summed E-state index contributed by atoms with van der Waals surface area (Å²) in [6, 6.07) is 6.13. The summed E-state index contributed by atoms with van der Waals surface area (Å²) in [5.41, 5.74) is 1.63. The van der Waals surface area contributed by atoms with Gasteiger partial charge in [0.2, 0.25) is 6.79 Å². The van der Waals surface area contributed by atoms with Crippen molar-refractivity contribution in [2.45, 2.75) is 20.4 Å². The predicted molar refractivity (Wildman–Crippen MR) is 109 cm³/mol. The summed E-state index contributed by atoms with van der Waals surface area (Å²) in [5.74, 6) is 2.40. The molecule has 0 bridgehead atoms. The third-order valence-electron chi connectivity index (χ3n) is 5.45. The molecule has 0 aliphatic carbocycles. The summed E-state index contributed by atoms with van der Waals surface area (Å²) in [4.78, 5) is 27.6. The molecule has 154 valence electrons. The van der Waals surface area contributed by atoms with Gasteiger partial charge >= 0.3 is 0 Å². The first-order valence-electron chi connectivity index (χ1n) is 10.1. The Bertz CT molecular complexity index is 846. The molecule has 1 saturated heterocycles. The zero-order valence-corrected chi connectivity index (χ0v) is 17.0. The van der Waals surface area contributed by atoms with Crippen LogP contribution in [0.25, 0.3) is 0 Å². The number of rotatable bonds is 6. The van der Waals surface area contributed by atoms with E-state index in [1.54, 1.807) is 17.3 Å². The van der Waals surface area contributed by atoms with Crippen LogP contribution < -0.4 is 14.4 Å². The van der Waals surface area contributed by atoms with Gasteiger partial charge in [-0.2, -0.15) is 0 Å². The van der Waals surface area contributed by atoms with Gasteiger partial charge in [0.15, 0.2) is 11.5 Å². The summed E-state index contributed by atoms with van der Waals surface area (Å²) < 4.78 is 10.8. The van der Waals surface area contributed by atoms with Crippen LogP contribution in [-0.4, -0.2) is 71.7 Å². The lowest BCUT2D eigenvalue weighted by molar-refractivity contribution is 0.0766. The fourth-order valence-electron chi connectivity index (χ4n) is 3.70. The van der Waals surface area contributed by atoms with E-state index in [1.165, 1.54) is 5.56 Å². The molecule has 0 spiro atoms. The van der Waals surface area contributed by atoms with Gasteiger partial charge in [-0.3, -0.25) is 9.69 Å². The topological polar surface area (TPSA) is 71.0 Å². The SMILES string of the molecule is CCN(CC)C(=O)c1cnc(N2CCN(Cc3ccc4c(c3)OCO4)CC2)cn1. The first-order chi connectivity index (χ1) is 14.2. The van der Waals surface area contributed by atoms with Gasteiger partial charge in [-0.05, 0) is 31.5 Å². The number of benzene rings is 1. The average molecular weight is 397 g/mol. The molecule has 8 nitrogen and oxygen atoms in total. The van der Waals surface area contributed by atoms with E-state index in [4.69, 9.17) is 9.47 Å². The maximum atomic E-state index is 12.4. The van der Waals surface area contributed by atoms with Crippen LogP contribution in [0.5, 0.6) is 11.5 Å². The lowest BCUT2D eigenvalue weighted by atomic mass is 10.1. The first kappa shape index (κ1) is 19.4. The summed E-state index contributed by atoms with van der Waals surface area (Å²) in [6.07, 6.45) is 3.30. The molecule has 8 heteroatoms. The second-order valence-corrected chi connectivity index (χ2v) is 7.19. The molecule has 3 heterocycles. The number of carbonyl (C=O) groups excluding carboxylic acids is 1. The van der Waals surface area contributed by atoms with Gasteiger partial charge in [-0.25, -0.2) is 9.97 Å². The van der Waals surface area contributed by atoms with Crippen molar-refractivity contribution in [3.05, 3.63) is 41.9 Å². The number of aromatic nitrogens is 2. The van der Waals surface area contributed by atoms with Crippen molar-refractivity contribution in [3.63, 3.8) is 0 Å². The number of carbonyl (C=O) groups is 1. The van der Waals surface area contributed by atoms with Crippen LogP contribution in [0.1, 0.15) is 29.9 Å². The van der Waals surface area contributed by atoms with E-state index < -0.39 is 0 Å². The summed E-state index contributed by atoms with van der Waals surface area (Å²) >= 11 is 0. The van der Waals surface area contributed by atoms with E-state index >= 15 is 0 Å². The van der Waals surface area contributed by atoms with Crippen LogP contribution >= 0.6 is 0 Å². The number of fused-ring (bicyclic) bond motifs is 1. The van der Waals surface area contributed by atoms with Gasteiger partial charge < -0.3 is 19.3 Å². The summed E-state index contributed by atoms with van der Waals surface area (Å²) in [5, 5.41) is 0. The molecular formula is C21H27N5O3. The van der Waals surface area contributed by atoms with E-state index in [0.29, 0.717) is 25.6 Å². The zero-order chi connectivity index (χ0) is 20.2. The second kappa shape index (κ2) is 8.65. The van der Waals surface area contributed by atoms with Crippen LogP contribution in [-0.2, 0) is 6.54 Å². The number of anilines is 1. The van der Waals surface area contributed by atoms with Crippen molar-refractivity contribution < 1.29 is 14.3 Å². The highest BCUT2D eigenvalue weighted by molar-refractivity contribution is 5.92. The normalized spacial score (nSPS) is 16.1. The van der Waals surface area contributed by atoms with E-state index in [2.05, 4.69) is 31.9 Å². The molecule has 0 N–H and O–H groups in total. The molecule has 4 rings (SSSR count). The van der Waals surface area contributed by atoms with Crippen LogP contribution in [0.15, 0.2) is 30.6 Å². The lowest BCUT2D eigenvalue weighted by Gasteiger charge is -2.35. The third-order valence-corrected chi connectivity index (χ3v) is 5.45. The smallest absolute Gasteiger partial charge is 0.274 e. The molecule has 1 amide bonds. The van der Waals surface area contributed by atoms with Crippen LogP contribution in [0.4, 0.5) is 5.82 Å². The zero-order valence-electron chi connectivity index (χ0n) is 17.0. The van der Waals surface area contributed by atoms with E-state index in [0.717, 1.165) is 50.0 Å². The van der Waals surface area contributed by atoms with E-state index in [1.807, 2.05) is 19.9 Å². The lowest BCUT2D eigenvalue weighted by Crippen LogP contribution is -2.46. The van der Waals surface area contributed by atoms with Crippen LogP contribution in [0.3, 0.4) is 0 Å². The molecule has 1 aromatic carbocycles. The predicted octanol–water partition coefficient (Wildman–Crippen LogP) is 2.01. The van der Waals surface area contributed by atoms with Gasteiger partial charge in [0.05, 0.1) is 12.4 Å². The fourth-order valence-corrected chi connectivity index (χ4v) is 3.70. The molecule has 2 aliphatic rings. The highest BCUT2D eigenvalue weighted by Gasteiger charge is 2.21. The van der Waals surface area contributed by atoms with Crippen molar-refractivity contribution in [1.82, 2.24) is 19.8 Å². The van der Waals surface area contributed by atoms with Crippen molar-refractivity contribution in [2.24, 2.45) is 0 Å². The standard InChI is InChI=1S/C21H27N5O3/c1-3-25(4-2)21(27)17-12-23-20(13-22-17)26-9-7-24(8-10-26)14-16-5-6-18-19(11-16)29-15-28-18/h5-6,11-13H,3-4,7-10,14-15H2,1-2H3. The Balaban J connectivity index is 1.32. The average Bonchev–Trinajstić information content (AvgIpc) is 3.23. The van der Waals surface area contributed by atoms with Gasteiger partial charge in [0, 0.05) is 45.8 Å². The van der Waals surface area contributed by atoms with Crippen molar-refractivity contribution >= 4 is 11.7 Å². The molecule has 0 saturated carbocycles. The molecule has 1 aromatic heterocycles. The van der Waals surface area contributed by atoms with Crippen molar-refractivity contribution in [1.29, 1.82) is 0 Å². The minimum absolute atomic E-state index is 0.0670. The Labute approximate surface area is 171 Å². The Kier molecular flexibility index (Phi) is 5.80. The Morgan fingerprint density at radius 1 is 1.03 bits per heavy atom. The number of piperazine rings is 1. The largest absolute Gasteiger partial charge is 0.454 e. The van der Waals surface area contributed by atoms with Crippen molar-refractivity contribution in [2.75, 3.05) is 51.0 Å². The van der Waals surface area contributed by atoms with E-state index in [-0.39, 0.29) is 5.91 Å². The second-order valence-electron chi connectivity index (χ2n) is 7.19. The number of ether oxygens (including phenoxy) is 2. The molecule has 1 fully saturated rings. The Morgan fingerprint density at radius 2 is 1.79 bits per heavy atom. The summed E-state index contributed by atoms with van der Waals surface area (Å²) in [6.45, 7) is 10.1. The Hall–Kier alpha value is -2.87. The van der Waals surface area contributed by atoms with Gasteiger partial charge in [-0.1, -0.05) is 6.07 Å². The highest BCUT2D eigenvalue weighted by atomic mass is 16.7. The molecule has 0 unspecified atom stereocenters. The van der Waals surface area contributed by atoms with Gasteiger partial charge in [-0.15, -0.1) is 0 Å². The molecule has 0 atom stereocenters. The fraction of sp³-hybridized carbons (Fsp3) is 0.476. The monoisotopic (exact) mass is 397 g/mol. The number of nitrogens with zero attached hydrogens (tertiary/aromatic N) is 5. The van der Waals surface area contributed by atoms with Crippen LogP contribution in [0.2, 0.25) is 0 Å². The maximum absolute atomic E-state index is 12.4. The highest BCUT2D eigenvalue weighted by Crippen LogP contribution is 2.32. The molecule has 2 aromatic rings. The molecular weight excluding hydrogens is 370 g/mol. The number of hydrogen-bond donors (Lipinski definition) is 0. The maximum Gasteiger partial charge on any atom is 0.274 e. The van der Waals surface area contributed by atoms with Crippen LogP contribution in [0, 0.1) is 0 Å². The van der Waals surface area contributed by atoms with Crippen molar-refractivity contribution in [3.8, 4) is 11.5 Å². The summed E-state index contributed by atoms with van der Waals surface area (Å²) in [7, 11) is 0. The first-order valence-corrected chi connectivity index (χ1v) is 10.1. The van der Waals surface area contributed by atoms with Gasteiger partial charge in [0.25, 0.3) is 5.91 Å². The third kappa shape index (κ3) is 4.27. The van der Waals surface area contributed by atoms with Gasteiger partial charge in [0.1, 0.15) is 11.5 Å². The minimum atomic E-state index is -0.0670.